The number of rotatable bonds is 12. The third-order valence-corrected chi connectivity index (χ3v) is 6.96. The van der Waals surface area contributed by atoms with Gasteiger partial charge in [0.15, 0.2) is 0 Å². The molecule has 4 heterocycles. The van der Waals surface area contributed by atoms with E-state index in [4.69, 9.17) is 9.72 Å². The zero-order valence-electron chi connectivity index (χ0n) is 24.4. The molecule has 10 nitrogen and oxygen atoms in total. The van der Waals surface area contributed by atoms with Gasteiger partial charge in [0.05, 0.1) is 42.2 Å². The molecule has 1 saturated heterocycles. The fraction of sp³-hybridized carbons (Fsp3) is 0.452. The van der Waals surface area contributed by atoms with Crippen molar-refractivity contribution >= 4 is 22.7 Å². The largest absolute Gasteiger partial charge is 0.506 e. The van der Waals surface area contributed by atoms with Crippen LogP contribution in [0.5, 0.6) is 5.75 Å². The van der Waals surface area contributed by atoms with Crippen molar-refractivity contribution in [1.29, 1.82) is 0 Å². The SMILES string of the molecule is CC.Cc1cnc(CCO)c(NCc2ccc3nc(NCCCN4CCOCC4)n(Cc4ncccc4O)c3c2)c1. The summed E-state index contributed by atoms with van der Waals surface area (Å²) in [4.78, 5) is 16.2. The maximum absolute atomic E-state index is 10.4. The van der Waals surface area contributed by atoms with Crippen LogP contribution < -0.4 is 10.6 Å². The summed E-state index contributed by atoms with van der Waals surface area (Å²) in [6.45, 7) is 12.4. The minimum absolute atomic E-state index is 0.0540. The number of morpholine rings is 1. The lowest BCUT2D eigenvalue weighted by molar-refractivity contribution is 0.0378. The van der Waals surface area contributed by atoms with Crippen LogP contribution in [0.2, 0.25) is 0 Å². The number of fused-ring (bicyclic) bond motifs is 1. The molecule has 1 aromatic carbocycles. The van der Waals surface area contributed by atoms with Crippen molar-refractivity contribution in [2.24, 2.45) is 0 Å². The van der Waals surface area contributed by atoms with Crippen molar-refractivity contribution in [2.45, 2.75) is 46.7 Å². The van der Waals surface area contributed by atoms with E-state index in [0.29, 0.717) is 25.2 Å². The van der Waals surface area contributed by atoms with Crippen molar-refractivity contribution in [3.8, 4) is 5.75 Å². The number of hydrogen-bond donors (Lipinski definition) is 4. The Morgan fingerprint density at radius 3 is 2.63 bits per heavy atom. The maximum atomic E-state index is 10.4. The molecule has 0 aliphatic carbocycles. The second-order valence-corrected chi connectivity index (χ2v) is 9.88. The van der Waals surface area contributed by atoms with Gasteiger partial charge < -0.3 is 30.2 Å². The van der Waals surface area contributed by atoms with E-state index in [1.165, 1.54) is 0 Å². The van der Waals surface area contributed by atoms with Gasteiger partial charge >= 0.3 is 0 Å². The highest BCUT2D eigenvalue weighted by atomic mass is 16.5. The lowest BCUT2D eigenvalue weighted by atomic mass is 10.1. The van der Waals surface area contributed by atoms with Gasteiger partial charge in [-0.25, -0.2) is 4.98 Å². The topological polar surface area (TPSA) is 121 Å². The number of imidazole rings is 1. The Kier molecular flexibility index (Phi) is 11.3. The van der Waals surface area contributed by atoms with Crippen molar-refractivity contribution in [3.05, 3.63) is 71.3 Å². The van der Waals surface area contributed by atoms with E-state index in [-0.39, 0.29) is 12.4 Å². The summed E-state index contributed by atoms with van der Waals surface area (Å²) in [7, 11) is 0. The first-order valence-electron chi connectivity index (χ1n) is 14.6. The van der Waals surface area contributed by atoms with Gasteiger partial charge in [-0.15, -0.1) is 0 Å². The summed E-state index contributed by atoms with van der Waals surface area (Å²) < 4.78 is 7.53. The van der Waals surface area contributed by atoms with Crippen LogP contribution >= 0.6 is 0 Å². The Labute approximate surface area is 242 Å². The molecule has 0 spiro atoms. The minimum atomic E-state index is 0.0540. The second-order valence-electron chi connectivity index (χ2n) is 9.88. The first-order valence-corrected chi connectivity index (χ1v) is 14.6. The Hall–Kier alpha value is -3.73. The number of hydrogen-bond acceptors (Lipinski definition) is 9. The fourth-order valence-electron chi connectivity index (χ4n) is 4.85. The van der Waals surface area contributed by atoms with Gasteiger partial charge in [-0.3, -0.25) is 14.9 Å². The molecule has 1 fully saturated rings. The van der Waals surface area contributed by atoms with E-state index >= 15 is 0 Å². The van der Waals surface area contributed by atoms with Crippen LogP contribution in [0.4, 0.5) is 11.6 Å². The highest BCUT2D eigenvalue weighted by molar-refractivity contribution is 5.80. The number of benzene rings is 1. The Morgan fingerprint density at radius 1 is 1.02 bits per heavy atom. The predicted molar refractivity (Wildman–Crippen MR) is 164 cm³/mol. The molecule has 4 aromatic rings. The molecule has 0 bridgehead atoms. The number of nitrogens with zero attached hydrogens (tertiary/aromatic N) is 5. The number of pyridine rings is 2. The van der Waals surface area contributed by atoms with E-state index in [1.54, 1.807) is 18.3 Å². The number of aliphatic hydroxyl groups excluding tert-OH is 1. The molecule has 3 aromatic heterocycles. The molecule has 10 heteroatoms. The predicted octanol–water partition coefficient (Wildman–Crippen LogP) is 4.20. The molecule has 1 aliphatic heterocycles. The van der Waals surface area contributed by atoms with Crippen LogP contribution in [0, 0.1) is 6.92 Å². The first kappa shape index (κ1) is 30.2. The molecule has 0 atom stereocenters. The van der Waals surface area contributed by atoms with Crippen molar-refractivity contribution in [2.75, 3.05) is 56.6 Å². The molecule has 4 N–H and O–H groups in total. The molecule has 0 unspecified atom stereocenters. The number of aromatic nitrogens is 4. The van der Waals surface area contributed by atoms with Crippen LogP contribution in [-0.4, -0.2) is 80.6 Å². The number of nitrogens with one attached hydrogen (secondary N) is 2. The standard InChI is InChI=1S/C29H37N7O3.C2H6/c1-21-16-25(23(7-13-37)32-18-21)33-19-22-5-6-24-27(17-22)36(20-26-28(38)4-2-8-30-26)29(34-24)31-9-3-10-35-11-14-39-15-12-35;1-2/h2,4-6,8,16-18,33,37-38H,3,7,9-15,19-20H2,1H3,(H,31,34);1-2H3. The molecule has 41 heavy (non-hydrogen) atoms. The monoisotopic (exact) mass is 561 g/mol. The molecule has 0 amide bonds. The summed E-state index contributed by atoms with van der Waals surface area (Å²) in [5.41, 5.74) is 6.37. The van der Waals surface area contributed by atoms with Crippen molar-refractivity contribution in [3.63, 3.8) is 0 Å². The van der Waals surface area contributed by atoms with Gasteiger partial charge in [0, 0.05) is 51.6 Å². The molecule has 0 saturated carbocycles. The number of ether oxygens (including phenoxy) is 1. The van der Waals surface area contributed by atoms with E-state index in [9.17, 15) is 10.2 Å². The highest BCUT2D eigenvalue weighted by Crippen LogP contribution is 2.25. The zero-order chi connectivity index (χ0) is 29.0. The fourth-order valence-corrected chi connectivity index (χ4v) is 4.85. The van der Waals surface area contributed by atoms with Crippen LogP contribution in [0.1, 0.15) is 42.8 Å². The van der Waals surface area contributed by atoms with E-state index in [2.05, 4.69) is 48.3 Å². The number of aromatic hydroxyl groups is 1. The summed E-state index contributed by atoms with van der Waals surface area (Å²) in [6, 6.07) is 11.7. The first-order chi connectivity index (χ1) is 20.1. The molecule has 1 aliphatic rings. The molecular formula is C31H43N7O3. The van der Waals surface area contributed by atoms with Crippen molar-refractivity contribution < 1.29 is 14.9 Å². The Bertz CT molecular complexity index is 1390. The average molecular weight is 562 g/mol. The van der Waals surface area contributed by atoms with E-state index in [1.807, 2.05) is 33.0 Å². The quantitative estimate of drug-likeness (QED) is 0.189. The zero-order valence-corrected chi connectivity index (χ0v) is 24.4. The molecular weight excluding hydrogens is 518 g/mol. The smallest absolute Gasteiger partial charge is 0.204 e. The van der Waals surface area contributed by atoms with Gasteiger partial charge in [0.2, 0.25) is 5.95 Å². The summed E-state index contributed by atoms with van der Waals surface area (Å²) in [5.74, 6) is 0.925. The number of aryl methyl sites for hydroxylation is 1. The lowest BCUT2D eigenvalue weighted by Gasteiger charge is -2.26. The number of anilines is 2. The molecule has 0 radical (unpaired) electrons. The van der Waals surface area contributed by atoms with Gasteiger partial charge in [0.1, 0.15) is 11.4 Å². The normalized spacial score (nSPS) is 13.6. The van der Waals surface area contributed by atoms with Gasteiger partial charge in [-0.05, 0) is 61.3 Å². The summed E-state index contributed by atoms with van der Waals surface area (Å²) in [5, 5.41) is 26.9. The van der Waals surface area contributed by atoms with Gasteiger partial charge in [0.25, 0.3) is 0 Å². The highest BCUT2D eigenvalue weighted by Gasteiger charge is 2.15. The number of aliphatic hydroxyl groups is 1. The van der Waals surface area contributed by atoms with E-state index in [0.717, 1.165) is 85.3 Å². The van der Waals surface area contributed by atoms with E-state index < -0.39 is 0 Å². The second kappa shape index (κ2) is 15.3. The van der Waals surface area contributed by atoms with Gasteiger partial charge in [-0.1, -0.05) is 19.9 Å². The third kappa shape index (κ3) is 8.16. The lowest BCUT2D eigenvalue weighted by Crippen LogP contribution is -2.37. The molecule has 5 rings (SSSR count). The van der Waals surface area contributed by atoms with Gasteiger partial charge in [-0.2, -0.15) is 0 Å². The summed E-state index contributed by atoms with van der Waals surface area (Å²) in [6.07, 6.45) is 5.01. The third-order valence-electron chi connectivity index (χ3n) is 6.96. The molecule has 220 valence electrons. The maximum Gasteiger partial charge on any atom is 0.204 e. The van der Waals surface area contributed by atoms with Crippen LogP contribution in [0.25, 0.3) is 11.0 Å². The van der Waals surface area contributed by atoms with Crippen LogP contribution in [-0.2, 0) is 24.2 Å². The Morgan fingerprint density at radius 2 is 1.85 bits per heavy atom. The van der Waals surface area contributed by atoms with Crippen LogP contribution in [0.15, 0.2) is 48.8 Å². The Balaban J connectivity index is 0.00000189. The minimum Gasteiger partial charge on any atom is -0.506 e. The van der Waals surface area contributed by atoms with Crippen molar-refractivity contribution in [1.82, 2.24) is 24.4 Å². The average Bonchev–Trinajstić information content (AvgIpc) is 3.34. The van der Waals surface area contributed by atoms with Crippen LogP contribution in [0.3, 0.4) is 0 Å². The summed E-state index contributed by atoms with van der Waals surface area (Å²) >= 11 is 0.